The molecule has 2 unspecified atom stereocenters. The smallest absolute Gasteiger partial charge is 0.115 e. The maximum absolute atomic E-state index is 9.43. The zero-order valence-corrected chi connectivity index (χ0v) is 8.37. The molecule has 3 rings (SSSR count). The van der Waals surface area contributed by atoms with Crippen LogP contribution in [-0.4, -0.2) is 5.11 Å². The molecule has 0 heterocycles. The fraction of sp³-hybridized carbons (Fsp3) is 0.538. The first-order valence-electron chi connectivity index (χ1n) is 5.66. The van der Waals surface area contributed by atoms with Crippen LogP contribution in [0.5, 0.6) is 5.75 Å². The molecule has 1 fully saturated rings. The molecule has 14 heavy (non-hydrogen) atoms. The second-order valence-corrected chi connectivity index (χ2v) is 4.74. The number of aromatic hydroxyl groups is 1. The van der Waals surface area contributed by atoms with Gasteiger partial charge in [-0.1, -0.05) is 18.9 Å². The first kappa shape index (κ1) is 8.34. The van der Waals surface area contributed by atoms with Gasteiger partial charge in [-0.2, -0.15) is 0 Å². The minimum Gasteiger partial charge on any atom is -0.508 e. The van der Waals surface area contributed by atoms with E-state index in [-0.39, 0.29) is 0 Å². The van der Waals surface area contributed by atoms with Crippen LogP contribution >= 0.6 is 0 Å². The van der Waals surface area contributed by atoms with Crippen LogP contribution in [0.15, 0.2) is 18.2 Å². The number of hydrogen-bond donors (Lipinski definition) is 1. The van der Waals surface area contributed by atoms with E-state index in [1.165, 1.54) is 43.2 Å². The molecule has 1 aromatic rings. The number of hydrogen-bond acceptors (Lipinski definition) is 1. The van der Waals surface area contributed by atoms with Crippen molar-refractivity contribution in [3.05, 3.63) is 29.3 Å². The van der Waals surface area contributed by atoms with Gasteiger partial charge in [-0.15, -0.1) is 0 Å². The Morgan fingerprint density at radius 2 is 2.00 bits per heavy atom. The highest BCUT2D eigenvalue weighted by Crippen LogP contribution is 2.47. The lowest BCUT2D eigenvalue weighted by molar-refractivity contribution is 0.330. The fourth-order valence-electron chi connectivity index (χ4n) is 3.27. The van der Waals surface area contributed by atoms with Gasteiger partial charge < -0.3 is 5.11 Å². The highest BCUT2D eigenvalue weighted by atomic mass is 16.3. The van der Waals surface area contributed by atoms with Gasteiger partial charge in [0, 0.05) is 0 Å². The zero-order valence-electron chi connectivity index (χ0n) is 8.37. The quantitative estimate of drug-likeness (QED) is 0.662. The van der Waals surface area contributed by atoms with Crippen molar-refractivity contribution in [3.63, 3.8) is 0 Å². The molecule has 0 bridgehead atoms. The van der Waals surface area contributed by atoms with Crippen molar-refractivity contribution >= 4 is 0 Å². The monoisotopic (exact) mass is 188 g/mol. The fourth-order valence-corrected chi connectivity index (χ4v) is 3.27. The van der Waals surface area contributed by atoms with Crippen molar-refractivity contribution < 1.29 is 5.11 Å². The molecule has 2 aliphatic rings. The van der Waals surface area contributed by atoms with E-state index in [1.54, 1.807) is 0 Å². The van der Waals surface area contributed by atoms with Crippen LogP contribution < -0.4 is 0 Å². The summed E-state index contributed by atoms with van der Waals surface area (Å²) < 4.78 is 0. The molecular formula is C13H16O. The lowest BCUT2D eigenvalue weighted by Gasteiger charge is -2.25. The van der Waals surface area contributed by atoms with Crippen molar-refractivity contribution in [1.82, 2.24) is 0 Å². The molecule has 1 aromatic carbocycles. The van der Waals surface area contributed by atoms with Gasteiger partial charge >= 0.3 is 0 Å². The molecule has 0 amide bonds. The third-order valence-electron chi connectivity index (χ3n) is 3.92. The maximum Gasteiger partial charge on any atom is 0.115 e. The Morgan fingerprint density at radius 3 is 2.93 bits per heavy atom. The summed E-state index contributed by atoms with van der Waals surface area (Å²) >= 11 is 0. The Kier molecular flexibility index (Phi) is 1.79. The molecule has 2 aliphatic carbocycles. The van der Waals surface area contributed by atoms with Gasteiger partial charge in [0.05, 0.1) is 0 Å². The summed E-state index contributed by atoms with van der Waals surface area (Å²) in [6.45, 7) is 0. The minimum atomic E-state index is 0.433. The van der Waals surface area contributed by atoms with Crippen LogP contribution in [-0.2, 0) is 6.42 Å². The second kappa shape index (κ2) is 3.01. The summed E-state index contributed by atoms with van der Waals surface area (Å²) in [6.07, 6.45) is 6.75. The Balaban J connectivity index is 2.01. The molecule has 1 N–H and O–H groups in total. The molecule has 0 radical (unpaired) electrons. The molecule has 2 atom stereocenters. The van der Waals surface area contributed by atoms with E-state index in [9.17, 15) is 5.11 Å². The largest absolute Gasteiger partial charge is 0.508 e. The van der Waals surface area contributed by atoms with Crippen molar-refractivity contribution in [2.24, 2.45) is 5.92 Å². The lowest BCUT2D eigenvalue weighted by atomic mass is 9.80. The van der Waals surface area contributed by atoms with E-state index in [0.717, 1.165) is 11.8 Å². The standard InChI is InChI=1S/C13H16O/c14-11-5-6-13-10(8-11)7-9-3-1-2-4-12(9)13/h5-6,8-9,12,14H,1-4,7H2. The van der Waals surface area contributed by atoms with Gasteiger partial charge in [-0.05, 0) is 54.4 Å². The highest BCUT2D eigenvalue weighted by Gasteiger charge is 2.33. The van der Waals surface area contributed by atoms with E-state index < -0.39 is 0 Å². The van der Waals surface area contributed by atoms with E-state index in [2.05, 4.69) is 6.07 Å². The van der Waals surface area contributed by atoms with Gasteiger partial charge in [0.2, 0.25) is 0 Å². The summed E-state index contributed by atoms with van der Waals surface area (Å²) in [7, 11) is 0. The van der Waals surface area contributed by atoms with Crippen LogP contribution in [0.4, 0.5) is 0 Å². The Hall–Kier alpha value is -0.980. The maximum atomic E-state index is 9.43. The molecule has 74 valence electrons. The molecular weight excluding hydrogens is 172 g/mol. The Labute approximate surface area is 84.8 Å². The lowest BCUT2D eigenvalue weighted by Crippen LogP contribution is -2.12. The first-order valence-corrected chi connectivity index (χ1v) is 5.66. The van der Waals surface area contributed by atoms with Crippen LogP contribution in [0.1, 0.15) is 42.7 Å². The average Bonchev–Trinajstić information content (AvgIpc) is 2.54. The minimum absolute atomic E-state index is 0.433. The molecule has 0 aromatic heterocycles. The summed E-state index contributed by atoms with van der Waals surface area (Å²) in [5, 5.41) is 9.43. The number of phenolic OH excluding ortho intramolecular Hbond substituents is 1. The predicted octanol–water partition coefficient (Wildman–Crippen LogP) is 3.22. The molecule has 0 spiro atoms. The van der Waals surface area contributed by atoms with Gasteiger partial charge in [0.1, 0.15) is 5.75 Å². The number of rotatable bonds is 0. The van der Waals surface area contributed by atoms with Gasteiger partial charge in [-0.25, -0.2) is 0 Å². The first-order chi connectivity index (χ1) is 6.84. The van der Waals surface area contributed by atoms with Crippen LogP contribution in [0, 0.1) is 5.92 Å². The van der Waals surface area contributed by atoms with Crippen molar-refractivity contribution in [3.8, 4) is 5.75 Å². The van der Waals surface area contributed by atoms with Gasteiger partial charge in [-0.3, -0.25) is 0 Å². The predicted molar refractivity (Wildman–Crippen MR) is 56.5 cm³/mol. The summed E-state index contributed by atoms with van der Waals surface area (Å²) in [5.41, 5.74) is 2.93. The van der Waals surface area contributed by atoms with Crippen molar-refractivity contribution in [2.75, 3.05) is 0 Å². The van der Waals surface area contributed by atoms with Crippen LogP contribution in [0.3, 0.4) is 0 Å². The molecule has 1 saturated carbocycles. The average molecular weight is 188 g/mol. The van der Waals surface area contributed by atoms with Crippen LogP contribution in [0.2, 0.25) is 0 Å². The second-order valence-electron chi connectivity index (χ2n) is 4.74. The zero-order chi connectivity index (χ0) is 9.54. The molecule has 1 nitrogen and oxygen atoms in total. The van der Waals surface area contributed by atoms with Crippen molar-refractivity contribution in [2.45, 2.75) is 38.0 Å². The van der Waals surface area contributed by atoms with Crippen molar-refractivity contribution in [1.29, 1.82) is 0 Å². The van der Waals surface area contributed by atoms with Gasteiger partial charge in [0.25, 0.3) is 0 Å². The number of fused-ring (bicyclic) bond motifs is 3. The normalized spacial score (nSPS) is 29.7. The van der Waals surface area contributed by atoms with E-state index in [4.69, 9.17) is 0 Å². The van der Waals surface area contributed by atoms with E-state index >= 15 is 0 Å². The molecule has 0 saturated heterocycles. The highest BCUT2D eigenvalue weighted by molar-refractivity contribution is 5.41. The van der Waals surface area contributed by atoms with E-state index in [1.807, 2.05) is 12.1 Å². The summed E-state index contributed by atoms with van der Waals surface area (Å²) in [4.78, 5) is 0. The Morgan fingerprint density at radius 1 is 1.14 bits per heavy atom. The number of benzene rings is 1. The topological polar surface area (TPSA) is 20.2 Å². The molecule has 0 aliphatic heterocycles. The molecule has 1 heteroatoms. The SMILES string of the molecule is Oc1ccc2c(c1)CC1CCCCC21. The number of phenols is 1. The summed E-state index contributed by atoms with van der Waals surface area (Å²) in [6, 6.07) is 5.95. The third kappa shape index (κ3) is 1.15. The summed E-state index contributed by atoms with van der Waals surface area (Å²) in [5.74, 6) is 2.11. The van der Waals surface area contributed by atoms with Crippen LogP contribution in [0.25, 0.3) is 0 Å². The third-order valence-corrected chi connectivity index (χ3v) is 3.92. The van der Waals surface area contributed by atoms with Gasteiger partial charge in [0.15, 0.2) is 0 Å². The van der Waals surface area contributed by atoms with E-state index in [0.29, 0.717) is 5.75 Å². The Bertz CT molecular complexity index is 356.